The van der Waals surface area contributed by atoms with E-state index in [0.717, 1.165) is 5.56 Å². The molecule has 6 heteroatoms. The molecule has 0 aliphatic carbocycles. The minimum atomic E-state index is -0.145. The standard InChI is InChI=1S/C15H18N2O4/c1-9-16-11(15(18)17(9)2)6-10-7-12(19-3)14(21-5)13(8-10)20-4/h6-8,16H,1H2,2-5H3/b11-6-. The first kappa shape index (κ1) is 14.8. The summed E-state index contributed by atoms with van der Waals surface area (Å²) in [5.74, 6) is 1.57. The van der Waals surface area contributed by atoms with Crippen molar-refractivity contribution in [2.45, 2.75) is 0 Å². The van der Waals surface area contributed by atoms with Gasteiger partial charge in [-0.05, 0) is 23.8 Å². The first-order valence-corrected chi connectivity index (χ1v) is 6.27. The fourth-order valence-corrected chi connectivity index (χ4v) is 2.05. The summed E-state index contributed by atoms with van der Waals surface area (Å²) in [6.07, 6.45) is 1.71. The van der Waals surface area contributed by atoms with Gasteiger partial charge in [0.05, 0.1) is 21.3 Å². The number of nitrogens with zero attached hydrogens (tertiary/aromatic N) is 1. The average molecular weight is 290 g/mol. The Morgan fingerprint density at radius 2 is 1.71 bits per heavy atom. The fourth-order valence-electron chi connectivity index (χ4n) is 2.05. The van der Waals surface area contributed by atoms with E-state index < -0.39 is 0 Å². The summed E-state index contributed by atoms with van der Waals surface area (Å²) in [5.41, 5.74) is 1.15. The molecular formula is C15H18N2O4. The minimum Gasteiger partial charge on any atom is -0.493 e. The van der Waals surface area contributed by atoms with Crippen LogP contribution in [0.1, 0.15) is 5.56 Å². The van der Waals surface area contributed by atoms with Gasteiger partial charge in [-0.2, -0.15) is 0 Å². The van der Waals surface area contributed by atoms with Crippen LogP contribution in [0.3, 0.4) is 0 Å². The maximum atomic E-state index is 12.0. The second kappa shape index (κ2) is 5.78. The van der Waals surface area contributed by atoms with E-state index in [1.165, 1.54) is 4.57 Å². The number of aromatic nitrogens is 2. The highest BCUT2D eigenvalue weighted by Crippen LogP contribution is 2.38. The largest absolute Gasteiger partial charge is 0.493 e. The van der Waals surface area contributed by atoms with Crippen LogP contribution < -0.4 is 30.6 Å². The van der Waals surface area contributed by atoms with E-state index in [1.54, 1.807) is 46.6 Å². The lowest BCUT2D eigenvalue weighted by Crippen LogP contribution is -2.28. The number of hydrogen-bond acceptors (Lipinski definition) is 4. The number of methoxy groups -OCH3 is 3. The summed E-state index contributed by atoms with van der Waals surface area (Å²) in [5, 5.41) is 0.441. The predicted molar refractivity (Wildman–Crippen MR) is 80.5 cm³/mol. The van der Waals surface area contributed by atoms with E-state index in [-0.39, 0.29) is 5.56 Å². The third kappa shape index (κ3) is 2.65. The lowest BCUT2D eigenvalue weighted by Gasteiger charge is -2.12. The molecule has 0 saturated carbocycles. The Bertz CT molecular complexity index is 792. The number of benzene rings is 1. The summed E-state index contributed by atoms with van der Waals surface area (Å²) in [4.78, 5) is 14.9. The number of aromatic amines is 1. The SMILES string of the molecule is C=c1[nH]/c(=C\c2cc(OC)c(OC)c(OC)c2)c(=O)n1C. The van der Waals surface area contributed by atoms with Crippen LogP contribution in [-0.2, 0) is 7.05 Å². The van der Waals surface area contributed by atoms with Crippen molar-refractivity contribution in [3.05, 3.63) is 38.9 Å². The van der Waals surface area contributed by atoms with Crippen LogP contribution in [0.15, 0.2) is 16.9 Å². The van der Waals surface area contributed by atoms with Crippen molar-refractivity contribution in [1.82, 2.24) is 9.55 Å². The van der Waals surface area contributed by atoms with Crippen LogP contribution in [0.2, 0.25) is 0 Å². The van der Waals surface area contributed by atoms with Gasteiger partial charge in [0, 0.05) is 7.05 Å². The van der Waals surface area contributed by atoms with E-state index >= 15 is 0 Å². The van der Waals surface area contributed by atoms with Crippen molar-refractivity contribution in [2.75, 3.05) is 21.3 Å². The molecule has 0 unspecified atom stereocenters. The molecule has 6 nitrogen and oxygen atoms in total. The number of rotatable bonds is 4. The topological polar surface area (TPSA) is 65.5 Å². The van der Waals surface area contributed by atoms with E-state index in [0.29, 0.717) is 28.1 Å². The van der Waals surface area contributed by atoms with Gasteiger partial charge in [0.1, 0.15) is 10.8 Å². The summed E-state index contributed by atoms with van der Waals surface area (Å²) >= 11 is 0. The minimum absolute atomic E-state index is 0.145. The third-order valence-corrected chi connectivity index (χ3v) is 3.22. The Labute approximate surface area is 121 Å². The van der Waals surface area contributed by atoms with Gasteiger partial charge in [-0.3, -0.25) is 9.36 Å². The Morgan fingerprint density at radius 3 is 2.10 bits per heavy atom. The van der Waals surface area contributed by atoms with Crippen molar-refractivity contribution in [1.29, 1.82) is 0 Å². The second-order valence-corrected chi connectivity index (χ2v) is 4.45. The smallest absolute Gasteiger partial charge is 0.275 e. The predicted octanol–water partition coefficient (Wildman–Crippen LogP) is -0.0217. The zero-order valence-corrected chi connectivity index (χ0v) is 12.5. The van der Waals surface area contributed by atoms with Crippen molar-refractivity contribution >= 4 is 12.7 Å². The van der Waals surface area contributed by atoms with Gasteiger partial charge in [0.25, 0.3) is 5.56 Å². The molecule has 0 amide bonds. The summed E-state index contributed by atoms with van der Waals surface area (Å²) in [6.45, 7) is 3.76. The van der Waals surface area contributed by atoms with Gasteiger partial charge in [0.2, 0.25) is 5.75 Å². The Morgan fingerprint density at radius 1 is 1.14 bits per heavy atom. The molecule has 0 aliphatic heterocycles. The van der Waals surface area contributed by atoms with Crippen molar-refractivity contribution in [3.63, 3.8) is 0 Å². The van der Waals surface area contributed by atoms with Crippen LogP contribution in [0.4, 0.5) is 0 Å². The quantitative estimate of drug-likeness (QED) is 0.859. The normalized spacial score (nSPS) is 11.5. The Hall–Kier alpha value is -2.63. The molecular weight excluding hydrogens is 272 g/mol. The van der Waals surface area contributed by atoms with Gasteiger partial charge in [-0.1, -0.05) is 6.58 Å². The van der Waals surface area contributed by atoms with Crippen LogP contribution >= 0.6 is 0 Å². The van der Waals surface area contributed by atoms with Crippen molar-refractivity contribution in [3.8, 4) is 17.2 Å². The lowest BCUT2D eigenvalue weighted by molar-refractivity contribution is 0.324. The number of H-pyrrole nitrogens is 1. The van der Waals surface area contributed by atoms with E-state index in [4.69, 9.17) is 14.2 Å². The summed E-state index contributed by atoms with van der Waals surface area (Å²) in [6, 6.07) is 3.54. The number of imidazole rings is 1. The molecule has 1 aromatic carbocycles. The van der Waals surface area contributed by atoms with Crippen LogP contribution in [0.25, 0.3) is 12.7 Å². The molecule has 0 bridgehead atoms. The molecule has 1 N–H and O–H groups in total. The van der Waals surface area contributed by atoms with Gasteiger partial charge in [-0.15, -0.1) is 0 Å². The molecule has 1 heterocycles. The maximum absolute atomic E-state index is 12.0. The molecule has 0 saturated heterocycles. The van der Waals surface area contributed by atoms with Gasteiger partial charge in [-0.25, -0.2) is 0 Å². The third-order valence-electron chi connectivity index (χ3n) is 3.22. The zero-order chi connectivity index (χ0) is 15.6. The van der Waals surface area contributed by atoms with Crippen LogP contribution in [0, 0.1) is 0 Å². The molecule has 0 aliphatic rings. The molecule has 0 atom stereocenters. The summed E-state index contributed by atoms with van der Waals surface area (Å²) < 4.78 is 17.3. The first-order valence-electron chi connectivity index (χ1n) is 6.27. The highest BCUT2D eigenvalue weighted by molar-refractivity contribution is 5.61. The maximum Gasteiger partial charge on any atom is 0.275 e. The van der Waals surface area contributed by atoms with E-state index in [1.807, 2.05) is 0 Å². The monoisotopic (exact) mass is 290 g/mol. The second-order valence-electron chi connectivity index (χ2n) is 4.45. The molecule has 1 aromatic heterocycles. The van der Waals surface area contributed by atoms with Crippen molar-refractivity contribution < 1.29 is 14.2 Å². The molecule has 2 rings (SSSR count). The Kier molecular flexibility index (Phi) is 4.07. The highest BCUT2D eigenvalue weighted by atomic mass is 16.5. The van der Waals surface area contributed by atoms with Crippen LogP contribution in [0.5, 0.6) is 17.2 Å². The average Bonchev–Trinajstić information content (AvgIpc) is 2.73. The Balaban J connectivity index is 2.67. The molecule has 2 aromatic rings. The molecule has 0 spiro atoms. The summed E-state index contributed by atoms with van der Waals surface area (Å²) in [7, 11) is 6.29. The van der Waals surface area contributed by atoms with E-state index in [9.17, 15) is 4.79 Å². The molecule has 112 valence electrons. The fraction of sp³-hybridized carbons (Fsp3) is 0.267. The first-order chi connectivity index (χ1) is 10.0. The molecule has 0 radical (unpaired) electrons. The van der Waals surface area contributed by atoms with Crippen LogP contribution in [-0.4, -0.2) is 30.9 Å². The van der Waals surface area contributed by atoms with Gasteiger partial charge in [0.15, 0.2) is 11.5 Å². The highest BCUT2D eigenvalue weighted by Gasteiger charge is 2.12. The number of ether oxygens (including phenoxy) is 3. The number of nitrogens with one attached hydrogen (secondary N) is 1. The zero-order valence-electron chi connectivity index (χ0n) is 12.5. The van der Waals surface area contributed by atoms with Crippen molar-refractivity contribution in [2.24, 2.45) is 7.05 Å². The molecule has 21 heavy (non-hydrogen) atoms. The molecule has 0 fully saturated rings. The lowest BCUT2D eigenvalue weighted by atomic mass is 10.1. The number of hydrogen-bond donors (Lipinski definition) is 1. The van der Waals surface area contributed by atoms with Gasteiger partial charge < -0.3 is 19.2 Å². The van der Waals surface area contributed by atoms with Gasteiger partial charge >= 0.3 is 0 Å². The van der Waals surface area contributed by atoms with E-state index in [2.05, 4.69) is 11.6 Å².